The number of rotatable bonds is 7. The van der Waals surface area contributed by atoms with Crippen LogP contribution in [0.2, 0.25) is 0 Å². The number of aromatic nitrogens is 2. The van der Waals surface area contributed by atoms with Crippen LogP contribution in [0, 0.1) is 5.92 Å². The van der Waals surface area contributed by atoms with Crippen LogP contribution >= 0.6 is 11.8 Å². The molecule has 1 fully saturated rings. The number of allylic oxidation sites excluding steroid dienone is 6. The Kier molecular flexibility index (Phi) is 5.69. The van der Waals surface area contributed by atoms with Crippen LogP contribution in [0.25, 0.3) is 5.57 Å². The van der Waals surface area contributed by atoms with Crippen LogP contribution < -0.4 is 5.56 Å². The lowest BCUT2D eigenvalue weighted by atomic mass is 10.0. The zero-order valence-corrected chi connectivity index (χ0v) is 18.7. The van der Waals surface area contributed by atoms with Crippen molar-refractivity contribution in [2.24, 2.45) is 10.9 Å². The molecule has 0 N–H and O–H groups in total. The fourth-order valence-electron chi connectivity index (χ4n) is 4.41. The van der Waals surface area contributed by atoms with Crippen molar-refractivity contribution < 1.29 is 0 Å². The second-order valence-corrected chi connectivity index (χ2v) is 8.98. The third-order valence-corrected chi connectivity index (χ3v) is 6.64. The molecular weight excluding hydrogens is 392 g/mol. The molecule has 0 saturated heterocycles. The van der Waals surface area contributed by atoms with E-state index in [1.165, 1.54) is 5.57 Å². The number of thioether (sulfide) groups is 1. The van der Waals surface area contributed by atoms with Crippen LogP contribution in [0.15, 0.2) is 70.5 Å². The minimum Gasteiger partial charge on any atom is -0.371 e. The molecule has 5 nitrogen and oxygen atoms in total. The number of hydrogen-bond acceptors (Lipinski definition) is 5. The van der Waals surface area contributed by atoms with Crippen molar-refractivity contribution in [2.45, 2.75) is 31.1 Å². The molecule has 1 saturated carbocycles. The van der Waals surface area contributed by atoms with Crippen LogP contribution in [0.1, 0.15) is 31.0 Å². The van der Waals surface area contributed by atoms with Gasteiger partial charge in [0, 0.05) is 55.4 Å². The van der Waals surface area contributed by atoms with Crippen molar-refractivity contribution in [2.75, 3.05) is 19.8 Å². The number of aliphatic imine (C=N–C) groups is 1. The first-order valence-electron chi connectivity index (χ1n) is 10.2. The van der Waals surface area contributed by atoms with Crippen LogP contribution in [-0.2, 0) is 11.3 Å². The summed E-state index contributed by atoms with van der Waals surface area (Å²) in [6.45, 7) is 6.67. The molecule has 2 heterocycles. The van der Waals surface area contributed by atoms with Gasteiger partial charge in [-0.3, -0.25) is 14.4 Å². The average molecular weight is 421 g/mol. The van der Waals surface area contributed by atoms with Crippen molar-refractivity contribution in [3.8, 4) is 0 Å². The summed E-state index contributed by atoms with van der Waals surface area (Å²) < 4.78 is 1.86. The fraction of sp³-hybridized carbons (Fsp3) is 0.375. The highest BCUT2D eigenvalue weighted by Gasteiger charge is 2.54. The maximum absolute atomic E-state index is 13.7. The number of likely N-dealkylation sites (N-methyl/N-ethyl adjacent to an activating group) is 1. The molecular formula is C24H28N4OS. The van der Waals surface area contributed by atoms with E-state index in [0.29, 0.717) is 24.6 Å². The van der Waals surface area contributed by atoms with Crippen molar-refractivity contribution in [3.63, 3.8) is 0 Å². The fourth-order valence-corrected chi connectivity index (χ4v) is 4.96. The Labute approximate surface area is 182 Å². The van der Waals surface area contributed by atoms with Gasteiger partial charge in [-0.2, -0.15) is 11.8 Å². The Morgan fingerprint density at radius 1 is 1.43 bits per heavy atom. The van der Waals surface area contributed by atoms with E-state index in [1.807, 2.05) is 36.2 Å². The number of nitrogens with zero attached hydrogens (tertiary/aromatic N) is 4. The lowest BCUT2D eigenvalue weighted by molar-refractivity contribution is 0.481. The first-order chi connectivity index (χ1) is 14.5. The predicted molar refractivity (Wildman–Crippen MR) is 127 cm³/mol. The maximum Gasteiger partial charge on any atom is 0.258 e. The molecule has 0 amide bonds. The van der Waals surface area contributed by atoms with Crippen LogP contribution in [-0.4, -0.2) is 40.5 Å². The zero-order valence-electron chi connectivity index (χ0n) is 17.8. The molecule has 1 aliphatic heterocycles. The summed E-state index contributed by atoms with van der Waals surface area (Å²) in [5.74, 6) is 1.01. The molecule has 156 valence electrons. The van der Waals surface area contributed by atoms with Gasteiger partial charge >= 0.3 is 0 Å². The molecule has 2 unspecified atom stereocenters. The molecule has 0 radical (unpaired) electrons. The summed E-state index contributed by atoms with van der Waals surface area (Å²) in [4.78, 5) is 25.0. The predicted octanol–water partition coefficient (Wildman–Crippen LogP) is 4.15. The quantitative estimate of drug-likeness (QED) is 0.622. The van der Waals surface area contributed by atoms with Gasteiger partial charge in [0.15, 0.2) is 0 Å². The van der Waals surface area contributed by atoms with Gasteiger partial charge in [-0.1, -0.05) is 29.9 Å². The lowest BCUT2D eigenvalue weighted by Gasteiger charge is -2.24. The van der Waals surface area contributed by atoms with Crippen molar-refractivity contribution >= 4 is 23.5 Å². The van der Waals surface area contributed by atoms with Gasteiger partial charge in [0.1, 0.15) is 0 Å². The molecule has 30 heavy (non-hydrogen) atoms. The largest absolute Gasteiger partial charge is 0.371 e. The first kappa shape index (κ1) is 20.7. The summed E-state index contributed by atoms with van der Waals surface area (Å²) in [6, 6.07) is 0. The van der Waals surface area contributed by atoms with E-state index >= 15 is 0 Å². The molecule has 2 aliphatic carbocycles. The van der Waals surface area contributed by atoms with Gasteiger partial charge in [0.25, 0.3) is 5.56 Å². The topological polar surface area (TPSA) is 50.5 Å². The summed E-state index contributed by atoms with van der Waals surface area (Å²) in [5.41, 5.74) is 4.71. The van der Waals surface area contributed by atoms with Gasteiger partial charge in [0.05, 0.1) is 23.1 Å². The van der Waals surface area contributed by atoms with Crippen molar-refractivity contribution in [1.82, 2.24) is 14.5 Å². The monoisotopic (exact) mass is 420 g/mol. The molecule has 1 aromatic rings. The molecule has 0 bridgehead atoms. The lowest BCUT2D eigenvalue weighted by Crippen LogP contribution is -2.34. The minimum absolute atomic E-state index is 0.0674. The number of fused-ring (bicyclic) bond motifs is 1. The Morgan fingerprint density at radius 2 is 2.27 bits per heavy atom. The smallest absolute Gasteiger partial charge is 0.258 e. The second-order valence-electron chi connectivity index (χ2n) is 8.11. The van der Waals surface area contributed by atoms with E-state index in [1.54, 1.807) is 24.3 Å². The summed E-state index contributed by atoms with van der Waals surface area (Å²) in [5, 5.41) is 0. The Hall–Kier alpha value is -2.60. The van der Waals surface area contributed by atoms with E-state index in [2.05, 4.69) is 41.6 Å². The molecule has 6 heteroatoms. The van der Waals surface area contributed by atoms with Gasteiger partial charge in [-0.05, 0) is 25.7 Å². The summed E-state index contributed by atoms with van der Waals surface area (Å²) in [6.07, 6.45) is 19.5. The molecule has 3 aliphatic rings. The summed E-state index contributed by atoms with van der Waals surface area (Å²) >= 11 is 1.65. The van der Waals surface area contributed by atoms with Gasteiger partial charge in [-0.25, -0.2) is 4.98 Å². The normalized spacial score (nSPS) is 24.4. The Bertz CT molecular complexity index is 1080. The highest BCUT2D eigenvalue weighted by Crippen LogP contribution is 2.54. The number of hydrogen-bond donors (Lipinski definition) is 0. The molecule has 2 atom stereocenters. The molecule has 0 spiro atoms. The van der Waals surface area contributed by atoms with Gasteiger partial charge in [-0.15, -0.1) is 6.58 Å². The Balaban J connectivity index is 1.85. The molecule has 4 rings (SSSR count). The van der Waals surface area contributed by atoms with E-state index in [9.17, 15) is 4.79 Å². The second kappa shape index (κ2) is 8.26. The first-order valence-corrected chi connectivity index (χ1v) is 11.6. The van der Waals surface area contributed by atoms with E-state index in [-0.39, 0.29) is 11.1 Å². The van der Waals surface area contributed by atoms with E-state index in [0.717, 1.165) is 28.9 Å². The third kappa shape index (κ3) is 3.54. The molecule has 0 aromatic carbocycles. The molecule has 1 aromatic heterocycles. The van der Waals surface area contributed by atoms with Crippen molar-refractivity contribution in [1.29, 1.82) is 0 Å². The van der Waals surface area contributed by atoms with Gasteiger partial charge in [0.2, 0.25) is 0 Å². The van der Waals surface area contributed by atoms with E-state index < -0.39 is 0 Å². The summed E-state index contributed by atoms with van der Waals surface area (Å²) in [7, 11) is 2.03. The highest BCUT2D eigenvalue weighted by atomic mass is 32.2. The minimum atomic E-state index is -0.239. The van der Waals surface area contributed by atoms with Crippen LogP contribution in [0.3, 0.4) is 0 Å². The Morgan fingerprint density at radius 3 is 3.00 bits per heavy atom. The highest BCUT2D eigenvalue weighted by molar-refractivity contribution is 7.97. The zero-order chi connectivity index (χ0) is 21.3. The average Bonchev–Trinajstić information content (AvgIpc) is 3.48. The van der Waals surface area contributed by atoms with Crippen LogP contribution in [0.5, 0.6) is 0 Å². The third-order valence-electron chi connectivity index (χ3n) is 6.06. The maximum atomic E-state index is 13.7. The van der Waals surface area contributed by atoms with E-state index in [4.69, 9.17) is 4.98 Å². The van der Waals surface area contributed by atoms with Gasteiger partial charge < -0.3 is 4.90 Å². The SMILES string of the molecule is C=CCN(C)C1=C(c2ncn(C34C=CC(C)=CC3C4)c(=O)c2CSC)CC=NC=C1. The standard InChI is InChI=1S/C24H28N4OS/c1-5-12-27(3)21-8-11-25-10-7-19(21)22-20(15-30-4)23(29)28(16-26-22)24-9-6-17(2)13-18(24)14-24/h5-6,8-11,13,16,18H,1,7,12,14-15H2,2-4H3. The van der Waals surface area contributed by atoms with Crippen molar-refractivity contribution in [3.05, 3.63) is 82.4 Å². The van der Waals surface area contributed by atoms with Crippen LogP contribution in [0.4, 0.5) is 0 Å².